The molecule has 0 spiro atoms. The molecular weight excluding hydrogens is 793 g/mol. The summed E-state index contributed by atoms with van der Waals surface area (Å²) < 4.78 is 16.3. The fourth-order valence-electron chi connectivity index (χ4n) is 9.15. The summed E-state index contributed by atoms with van der Waals surface area (Å²) in [6.45, 7) is 0. The number of methoxy groups -OCH3 is 3. The highest BCUT2D eigenvalue weighted by molar-refractivity contribution is 6.36. The van der Waals surface area contributed by atoms with Crippen molar-refractivity contribution in [1.29, 1.82) is 0 Å². The van der Waals surface area contributed by atoms with Crippen LogP contribution in [0.15, 0.2) is 96.6 Å². The van der Waals surface area contributed by atoms with Gasteiger partial charge in [0.2, 0.25) is 17.6 Å². The maximum atomic E-state index is 15.4. The summed E-state index contributed by atoms with van der Waals surface area (Å²) in [4.78, 5) is 60.2. The predicted octanol–water partition coefficient (Wildman–Crippen LogP) is 8.11. The molecule has 2 aliphatic carbocycles. The average molecular weight is 829 g/mol. The molecule has 2 aliphatic heterocycles. The second-order valence-electron chi connectivity index (χ2n) is 14.4. The summed E-state index contributed by atoms with van der Waals surface area (Å²) in [5.41, 5.74) is 4.01. The molecule has 11 nitrogen and oxygen atoms in total. The minimum Gasteiger partial charge on any atom is -0.502 e. The average Bonchev–Trinajstić information content (AvgIpc) is 3.59. The molecule has 4 aliphatic rings. The van der Waals surface area contributed by atoms with Gasteiger partial charge in [0.05, 0.1) is 60.9 Å². The number of phenolic OH excluding ortho intramolecular Hbond substituents is 1. The topological polar surface area (TPSA) is 135 Å². The number of anilines is 2. The second-order valence-corrected chi connectivity index (χ2v) is 15.7. The van der Waals surface area contributed by atoms with Crippen LogP contribution in [0.2, 0.25) is 15.1 Å². The first-order chi connectivity index (χ1) is 27.4. The van der Waals surface area contributed by atoms with Gasteiger partial charge in [0, 0.05) is 16.0 Å². The van der Waals surface area contributed by atoms with Crippen LogP contribution in [0.4, 0.5) is 11.4 Å². The molecule has 0 bridgehead atoms. The smallest absolute Gasteiger partial charge is 0.260 e. The number of phenols is 1. The van der Waals surface area contributed by atoms with Crippen LogP contribution < -0.4 is 24.5 Å². The Bertz CT molecular complexity index is 2360. The van der Waals surface area contributed by atoms with Crippen molar-refractivity contribution in [3.63, 3.8) is 0 Å². The molecular formula is C43H36Cl3N3O8. The van der Waals surface area contributed by atoms with E-state index in [1.54, 1.807) is 78.9 Å². The van der Waals surface area contributed by atoms with Gasteiger partial charge in [-0.1, -0.05) is 70.7 Å². The van der Waals surface area contributed by atoms with Crippen LogP contribution >= 0.6 is 34.8 Å². The number of nitrogens with zero attached hydrogens (tertiary/aromatic N) is 2. The molecule has 2 N–H and O–H groups in total. The molecule has 292 valence electrons. The monoisotopic (exact) mass is 827 g/mol. The Balaban J connectivity index is 1.32. The van der Waals surface area contributed by atoms with Gasteiger partial charge in [-0.25, -0.2) is 0 Å². The SMILES string of the molecule is COc1ccc([C@@]23C(=O)N(Nc4ccc(Cl)cc4Cl)C(=O)[C@@H]2C[C@@H]2C(=CC[C@@H]4C(=O)N(c5ccc(Cl)cc5)C(=O)[C@@H]42)[C@@H]3C=Cc2cc(OC)c(O)c(OC)c2)cc1. The van der Waals surface area contributed by atoms with Gasteiger partial charge in [-0.2, -0.15) is 5.01 Å². The van der Waals surface area contributed by atoms with E-state index in [-0.39, 0.29) is 52.6 Å². The molecule has 0 radical (unpaired) electrons. The molecule has 8 rings (SSSR count). The minimum absolute atomic E-state index is 0.0921. The summed E-state index contributed by atoms with van der Waals surface area (Å²) in [5.74, 6) is -4.99. The summed E-state index contributed by atoms with van der Waals surface area (Å²) in [6, 6.07) is 21.5. The number of hydrogen-bond donors (Lipinski definition) is 2. The number of allylic oxidation sites excluding steroid dienone is 3. The van der Waals surface area contributed by atoms with Crippen molar-refractivity contribution in [1.82, 2.24) is 5.01 Å². The van der Waals surface area contributed by atoms with Gasteiger partial charge in [-0.05, 0) is 96.6 Å². The van der Waals surface area contributed by atoms with Crippen molar-refractivity contribution in [2.75, 3.05) is 31.7 Å². The first-order valence-electron chi connectivity index (χ1n) is 18.1. The number of amides is 4. The van der Waals surface area contributed by atoms with Crippen molar-refractivity contribution in [3.05, 3.63) is 123 Å². The molecule has 4 amide bonds. The van der Waals surface area contributed by atoms with Gasteiger partial charge in [0.25, 0.3) is 11.8 Å². The van der Waals surface area contributed by atoms with Gasteiger partial charge in [-0.15, -0.1) is 0 Å². The standard InChI is InChI=1S/C43H36Cl3N3O8/c1-55-27-12-5-23(6-13-27)43-31(16-4-22-18-35(56-2)38(50)36(19-22)57-3)28-14-15-29-37(41(53)48(39(29)51)26-10-7-24(44)8-11-26)30(28)21-32(43)40(52)49(42(43)54)47-34-17-9-25(45)20-33(34)46/h4-14,16-20,29-32,37,47,50H,15,21H2,1-3H3/t29-,30+,31-,32-,37-,43-/m0/s1. The van der Waals surface area contributed by atoms with E-state index in [1.807, 2.05) is 12.2 Å². The Morgan fingerprint density at radius 1 is 0.789 bits per heavy atom. The number of hydrogen-bond acceptors (Lipinski definition) is 9. The van der Waals surface area contributed by atoms with Crippen molar-refractivity contribution < 1.29 is 38.5 Å². The quantitative estimate of drug-likeness (QED) is 0.127. The van der Waals surface area contributed by atoms with Gasteiger partial charge in [0.1, 0.15) is 5.75 Å². The Kier molecular flexibility index (Phi) is 9.96. The summed E-state index contributed by atoms with van der Waals surface area (Å²) in [5, 5.41) is 12.7. The number of carbonyl (C=O) groups excluding carboxylic acids is 4. The minimum atomic E-state index is -1.55. The number of halogens is 3. The number of rotatable bonds is 9. The summed E-state index contributed by atoms with van der Waals surface area (Å²) in [6.07, 6.45) is 5.92. The van der Waals surface area contributed by atoms with Crippen molar-refractivity contribution in [3.8, 4) is 23.0 Å². The van der Waals surface area contributed by atoms with Crippen LogP contribution in [0.5, 0.6) is 23.0 Å². The van der Waals surface area contributed by atoms with E-state index in [9.17, 15) is 19.5 Å². The zero-order valence-electron chi connectivity index (χ0n) is 30.9. The third-order valence-corrected chi connectivity index (χ3v) is 12.5. The third-order valence-electron chi connectivity index (χ3n) is 11.7. The number of benzene rings is 4. The van der Waals surface area contributed by atoms with Gasteiger partial charge in [-0.3, -0.25) is 29.5 Å². The second kappa shape index (κ2) is 14.8. The number of hydrazine groups is 1. The number of carbonyl (C=O) groups is 4. The molecule has 2 heterocycles. The lowest BCUT2D eigenvalue weighted by atomic mass is 9.50. The van der Waals surface area contributed by atoms with E-state index >= 15 is 4.79 Å². The highest BCUT2D eigenvalue weighted by Crippen LogP contribution is 2.62. The first kappa shape index (κ1) is 38.4. The molecule has 6 atom stereocenters. The maximum absolute atomic E-state index is 15.4. The number of imide groups is 2. The van der Waals surface area contributed by atoms with E-state index in [0.29, 0.717) is 32.6 Å². The molecule has 4 aromatic carbocycles. The van der Waals surface area contributed by atoms with E-state index in [2.05, 4.69) is 5.43 Å². The van der Waals surface area contributed by atoms with Crippen LogP contribution in [0.1, 0.15) is 24.0 Å². The third kappa shape index (κ3) is 6.11. The summed E-state index contributed by atoms with van der Waals surface area (Å²) in [7, 11) is 4.38. The van der Waals surface area contributed by atoms with Crippen LogP contribution in [-0.4, -0.2) is 55.1 Å². The molecule has 57 heavy (non-hydrogen) atoms. The summed E-state index contributed by atoms with van der Waals surface area (Å²) >= 11 is 18.9. The largest absolute Gasteiger partial charge is 0.502 e. The first-order valence-corrected chi connectivity index (χ1v) is 19.3. The van der Waals surface area contributed by atoms with Crippen LogP contribution in [0.25, 0.3) is 6.08 Å². The van der Waals surface area contributed by atoms with E-state index < -0.39 is 46.8 Å². The van der Waals surface area contributed by atoms with E-state index in [0.717, 1.165) is 10.6 Å². The Hall–Kier alpha value is -5.49. The number of fused-ring (bicyclic) bond motifs is 4. The molecule has 2 saturated heterocycles. The number of ether oxygens (including phenoxy) is 3. The van der Waals surface area contributed by atoms with Crippen LogP contribution in [-0.2, 0) is 24.6 Å². The molecule has 4 aromatic rings. The highest BCUT2D eigenvalue weighted by Gasteiger charge is 2.69. The maximum Gasteiger partial charge on any atom is 0.260 e. The number of aromatic hydroxyl groups is 1. The lowest BCUT2D eigenvalue weighted by Gasteiger charge is -2.49. The Morgan fingerprint density at radius 2 is 1.46 bits per heavy atom. The molecule has 14 heteroatoms. The Labute approximate surface area is 343 Å². The number of nitrogens with one attached hydrogen (secondary N) is 1. The molecule has 0 unspecified atom stereocenters. The van der Waals surface area contributed by atoms with Crippen molar-refractivity contribution in [2.24, 2.45) is 29.6 Å². The van der Waals surface area contributed by atoms with Crippen molar-refractivity contribution >= 4 is 75.9 Å². The zero-order chi connectivity index (χ0) is 40.3. The Morgan fingerprint density at radius 3 is 2.09 bits per heavy atom. The predicted molar refractivity (Wildman–Crippen MR) is 216 cm³/mol. The zero-order valence-corrected chi connectivity index (χ0v) is 33.1. The normalized spacial score (nSPS) is 25.3. The fraction of sp³-hybridized carbons (Fsp3) is 0.256. The fourth-order valence-corrected chi connectivity index (χ4v) is 9.73. The van der Waals surface area contributed by atoms with Crippen molar-refractivity contribution in [2.45, 2.75) is 18.3 Å². The van der Waals surface area contributed by atoms with Crippen LogP contribution in [0.3, 0.4) is 0 Å². The molecule has 0 aromatic heterocycles. The van der Waals surface area contributed by atoms with Gasteiger partial charge < -0.3 is 19.3 Å². The van der Waals surface area contributed by atoms with E-state index in [4.69, 9.17) is 49.0 Å². The lowest BCUT2D eigenvalue weighted by molar-refractivity contribution is -0.139. The van der Waals surface area contributed by atoms with Gasteiger partial charge >= 0.3 is 0 Å². The van der Waals surface area contributed by atoms with Gasteiger partial charge in [0.15, 0.2) is 11.5 Å². The molecule has 3 fully saturated rings. The molecule has 1 saturated carbocycles. The van der Waals surface area contributed by atoms with E-state index in [1.165, 1.54) is 32.3 Å². The van der Waals surface area contributed by atoms with Crippen LogP contribution in [0, 0.1) is 29.6 Å². The lowest BCUT2D eigenvalue weighted by Crippen LogP contribution is -2.54. The highest BCUT2D eigenvalue weighted by atomic mass is 35.5.